The van der Waals surface area contributed by atoms with Gasteiger partial charge < -0.3 is 4.90 Å². The standard InChI is InChI=1S/C17H24F3N3O2S/c18-17(19,20)15-6-5-7-16(14-15)21-10-12-23(13-11-21)26(24,25)22-8-3-1-2-4-9-22/h5-7,14H,1-4,8-13H2. The third kappa shape index (κ3) is 4.32. The largest absolute Gasteiger partial charge is 0.416 e. The summed E-state index contributed by atoms with van der Waals surface area (Å²) in [6, 6.07) is 5.19. The average molecular weight is 391 g/mol. The summed E-state index contributed by atoms with van der Waals surface area (Å²) >= 11 is 0. The van der Waals surface area contributed by atoms with Gasteiger partial charge in [0.2, 0.25) is 0 Å². The molecule has 2 heterocycles. The van der Waals surface area contributed by atoms with Crippen LogP contribution in [0.1, 0.15) is 31.2 Å². The van der Waals surface area contributed by atoms with E-state index in [1.807, 2.05) is 4.90 Å². The molecule has 0 saturated carbocycles. The summed E-state index contributed by atoms with van der Waals surface area (Å²) in [4.78, 5) is 1.81. The Labute approximate surface area is 152 Å². The highest BCUT2D eigenvalue weighted by Crippen LogP contribution is 2.32. The van der Waals surface area contributed by atoms with E-state index < -0.39 is 21.9 Å². The lowest BCUT2D eigenvalue weighted by Crippen LogP contribution is -2.53. The SMILES string of the molecule is O=S(=O)(N1CCCCCC1)N1CCN(c2cccc(C(F)(F)F)c2)CC1. The summed E-state index contributed by atoms with van der Waals surface area (Å²) in [6.45, 7) is 2.44. The summed E-state index contributed by atoms with van der Waals surface area (Å²) in [7, 11) is -3.49. The molecule has 3 rings (SSSR count). The molecule has 1 aromatic rings. The van der Waals surface area contributed by atoms with Crippen LogP contribution in [0.3, 0.4) is 0 Å². The second-order valence-electron chi connectivity index (χ2n) is 6.76. The van der Waals surface area contributed by atoms with Gasteiger partial charge in [-0.2, -0.15) is 30.2 Å². The average Bonchev–Trinajstić information content (AvgIpc) is 2.91. The van der Waals surface area contributed by atoms with E-state index in [-0.39, 0.29) is 13.1 Å². The quantitative estimate of drug-likeness (QED) is 0.796. The van der Waals surface area contributed by atoms with Gasteiger partial charge in [-0.05, 0) is 31.0 Å². The van der Waals surface area contributed by atoms with E-state index in [0.717, 1.165) is 37.8 Å². The zero-order valence-corrected chi connectivity index (χ0v) is 15.4. The zero-order chi connectivity index (χ0) is 18.8. The lowest BCUT2D eigenvalue weighted by molar-refractivity contribution is -0.137. The molecule has 1 aromatic carbocycles. The Morgan fingerprint density at radius 2 is 1.38 bits per heavy atom. The number of hydrogen-bond donors (Lipinski definition) is 0. The lowest BCUT2D eigenvalue weighted by atomic mass is 10.1. The highest BCUT2D eigenvalue weighted by Gasteiger charge is 2.34. The van der Waals surface area contributed by atoms with Crippen LogP contribution >= 0.6 is 0 Å². The predicted octanol–water partition coefficient (Wildman–Crippen LogP) is 2.95. The predicted molar refractivity (Wildman–Crippen MR) is 94.2 cm³/mol. The summed E-state index contributed by atoms with van der Waals surface area (Å²) in [6.07, 6.45) is -0.522. The van der Waals surface area contributed by atoms with E-state index in [1.54, 1.807) is 10.4 Å². The van der Waals surface area contributed by atoms with E-state index in [9.17, 15) is 21.6 Å². The van der Waals surface area contributed by atoms with Crippen molar-refractivity contribution < 1.29 is 21.6 Å². The Morgan fingerprint density at radius 1 is 0.808 bits per heavy atom. The molecule has 0 radical (unpaired) electrons. The first kappa shape index (κ1) is 19.4. The first-order chi connectivity index (χ1) is 12.3. The Bertz CT molecular complexity index is 708. The fourth-order valence-electron chi connectivity index (χ4n) is 3.49. The van der Waals surface area contributed by atoms with Gasteiger partial charge in [-0.1, -0.05) is 18.9 Å². The van der Waals surface area contributed by atoms with Crippen LogP contribution in [-0.2, 0) is 16.4 Å². The van der Waals surface area contributed by atoms with Crippen molar-refractivity contribution in [2.45, 2.75) is 31.9 Å². The Morgan fingerprint density at radius 3 is 1.96 bits per heavy atom. The van der Waals surface area contributed by atoms with Crippen LogP contribution in [0.5, 0.6) is 0 Å². The number of rotatable bonds is 3. The van der Waals surface area contributed by atoms with Gasteiger partial charge in [-0.25, -0.2) is 0 Å². The fraction of sp³-hybridized carbons (Fsp3) is 0.647. The first-order valence-electron chi connectivity index (χ1n) is 8.96. The molecular weight excluding hydrogens is 367 g/mol. The topological polar surface area (TPSA) is 43.9 Å². The molecule has 9 heteroatoms. The molecular formula is C17H24F3N3O2S. The minimum Gasteiger partial charge on any atom is -0.369 e. The molecule has 26 heavy (non-hydrogen) atoms. The van der Waals surface area contributed by atoms with Gasteiger partial charge in [-0.15, -0.1) is 0 Å². The lowest BCUT2D eigenvalue weighted by Gasteiger charge is -2.37. The number of hydrogen-bond acceptors (Lipinski definition) is 3. The molecule has 2 aliphatic heterocycles. The molecule has 2 fully saturated rings. The number of benzene rings is 1. The van der Waals surface area contributed by atoms with Crippen LogP contribution in [0.15, 0.2) is 24.3 Å². The normalized spacial score (nSPS) is 21.6. The zero-order valence-electron chi connectivity index (χ0n) is 14.6. The van der Waals surface area contributed by atoms with E-state index in [0.29, 0.717) is 31.9 Å². The number of alkyl halides is 3. The second-order valence-corrected chi connectivity index (χ2v) is 8.68. The van der Waals surface area contributed by atoms with Crippen molar-refractivity contribution in [2.24, 2.45) is 0 Å². The van der Waals surface area contributed by atoms with Crippen LogP contribution in [0.4, 0.5) is 18.9 Å². The van der Waals surface area contributed by atoms with E-state index in [4.69, 9.17) is 0 Å². The van der Waals surface area contributed by atoms with Gasteiger partial charge in [0, 0.05) is 45.0 Å². The molecule has 0 aromatic heterocycles. The van der Waals surface area contributed by atoms with Crippen molar-refractivity contribution in [3.63, 3.8) is 0 Å². The van der Waals surface area contributed by atoms with Crippen LogP contribution in [-0.4, -0.2) is 56.3 Å². The molecule has 146 valence electrons. The summed E-state index contributed by atoms with van der Waals surface area (Å²) < 4.78 is 67.3. The maximum absolute atomic E-state index is 12.9. The number of nitrogens with zero attached hydrogens (tertiary/aromatic N) is 3. The number of halogens is 3. The van der Waals surface area contributed by atoms with Crippen molar-refractivity contribution in [1.29, 1.82) is 0 Å². The van der Waals surface area contributed by atoms with Crippen LogP contribution in [0.2, 0.25) is 0 Å². The highest BCUT2D eigenvalue weighted by atomic mass is 32.2. The van der Waals surface area contributed by atoms with Crippen LogP contribution in [0, 0.1) is 0 Å². The minimum absolute atomic E-state index is 0.287. The molecule has 0 unspecified atom stereocenters. The van der Waals surface area contributed by atoms with Crippen molar-refractivity contribution in [3.8, 4) is 0 Å². The van der Waals surface area contributed by atoms with Crippen molar-refractivity contribution in [1.82, 2.24) is 8.61 Å². The van der Waals surface area contributed by atoms with E-state index >= 15 is 0 Å². The second kappa shape index (κ2) is 7.74. The van der Waals surface area contributed by atoms with Crippen LogP contribution in [0.25, 0.3) is 0 Å². The third-order valence-electron chi connectivity index (χ3n) is 4.99. The summed E-state index contributed by atoms with van der Waals surface area (Å²) in [5.74, 6) is 0. The Balaban J connectivity index is 1.65. The summed E-state index contributed by atoms with van der Waals surface area (Å²) in [5.41, 5.74) is -0.207. The molecule has 2 aliphatic rings. The Hall–Kier alpha value is -1.32. The van der Waals surface area contributed by atoms with Gasteiger partial charge in [0.05, 0.1) is 5.56 Å². The molecule has 0 atom stereocenters. The molecule has 2 saturated heterocycles. The maximum atomic E-state index is 12.9. The van der Waals surface area contributed by atoms with E-state index in [1.165, 1.54) is 10.4 Å². The van der Waals surface area contributed by atoms with Crippen molar-refractivity contribution in [2.75, 3.05) is 44.2 Å². The third-order valence-corrected chi connectivity index (χ3v) is 7.03. The number of piperazine rings is 1. The molecule has 0 N–H and O–H groups in total. The van der Waals surface area contributed by atoms with E-state index in [2.05, 4.69) is 0 Å². The van der Waals surface area contributed by atoms with Crippen molar-refractivity contribution in [3.05, 3.63) is 29.8 Å². The highest BCUT2D eigenvalue weighted by molar-refractivity contribution is 7.86. The molecule has 0 spiro atoms. The van der Waals surface area contributed by atoms with Crippen LogP contribution < -0.4 is 4.90 Å². The molecule has 5 nitrogen and oxygen atoms in total. The van der Waals surface area contributed by atoms with Gasteiger partial charge in [0.1, 0.15) is 0 Å². The maximum Gasteiger partial charge on any atom is 0.416 e. The number of anilines is 1. The minimum atomic E-state index is -4.38. The Kier molecular flexibility index (Phi) is 5.78. The van der Waals surface area contributed by atoms with Crippen molar-refractivity contribution >= 4 is 15.9 Å². The van der Waals surface area contributed by atoms with Gasteiger partial charge in [0.15, 0.2) is 0 Å². The molecule has 0 aliphatic carbocycles. The molecule has 0 bridgehead atoms. The van der Waals surface area contributed by atoms with Gasteiger partial charge >= 0.3 is 6.18 Å². The first-order valence-corrected chi connectivity index (χ1v) is 10.4. The van der Waals surface area contributed by atoms with Gasteiger partial charge in [-0.3, -0.25) is 0 Å². The fourth-order valence-corrected chi connectivity index (χ4v) is 5.16. The van der Waals surface area contributed by atoms with Gasteiger partial charge in [0.25, 0.3) is 10.2 Å². The smallest absolute Gasteiger partial charge is 0.369 e. The monoisotopic (exact) mass is 391 g/mol. The molecule has 0 amide bonds. The summed E-state index contributed by atoms with van der Waals surface area (Å²) in [5, 5.41) is 0.